The predicted molar refractivity (Wildman–Crippen MR) is 69.3 cm³/mol. The standard InChI is InChI=1S/C13H13F3N4/c1-7-8(2)20-12(17-3)11(19-7)9-6-18-5-4-10(9)13(14,15)16/h4-6H,1-3H3,(H,17,20). The van der Waals surface area contributed by atoms with Gasteiger partial charge in [-0.05, 0) is 19.9 Å². The molecule has 2 aromatic heterocycles. The molecule has 0 atom stereocenters. The first-order chi connectivity index (χ1) is 9.34. The van der Waals surface area contributed by atoms with E-state index >= 15 is 0 Å². The summed E-state index contributed by atoms with van der Waals surface area (Å²) < 4.78 is 39.2. The third kappa shape index (κ3) is 2.56. The summed E-state index contributed by atoms with van der Waals surface area (Å²) in [6, 6.07) is 0.936. The van der Waals surface area contributed by atoms with Crippen LogP contribution in [0.15, 0.2) is 18.5 Å². The molecule has 0 unspecified atom stereocenters. The maximum Gasteiger partial charge on any atom is 0.417 e. The van der Waals surface area contributed by atoms with Gasteiger partial charge in [0.15, 0.2) is 5.82 Å². The first-order valence-electron chi connectivity index (χ1n) is 5.89. The van der Waals surface area contributed by atoms with Crippen LogP contribution in [-0.4, -0.2) is 22.0 Å². The predicted octanol–water partition coefficient (Wildman–Crippen LogP) is 3.22. The zero-order valence-electron chi connectivity index (χ0n) is 11.2. The Kier molecular flexibility index (Phi) is 3.61. The van der Waals surface area contributed by atoms with E-state index in [0.29, 0.717) is 17.2 Å². The molecule has 0 amide bonds. The molecular weight excluding hydrogens is 269 g/mol. The maximum absolute atomic E-state index is 13.1. The molecule has 0 aliphatic rings. The van der Waals surface area contributed by atoms with Crippen molar-refractivity contribution in [1.29, 1.82) is 0 Å². The summed E-state index contributed by atoms with van der Waals surface area (Å²) >= 11 is 0. The number of halogens is 3. The van der Waals surface area contributed by atoms with Crippen LogP contribution >= 0.6 is 0 Å². The Hall–Kier alpha value is -2.18. The molecule has 0 fully saturated rings. The molecule has 106 valence electrons. The number of aromatic nitrogens is 3. The highest BCUT2D eigenvalue weighted by Gasteiger charge is 2.34. The van der Waals surface area contributed by atoms with Crippen molar-refractivity contribution in [2.75, 3.05) is 12.4 Å². The Balaban J connectivity index is 2.72. The number of pyridine rings is 1. The number of anilines is 1. The van der Waals surface area contributed by atoms with E-state index < -0.39 is 11.7 Å². The SMILES string of the molecule is CNc1nc(C)c(C)nc1-c1cnccc1C(F)(F)F. The molecule has 2 aromatic rings. The number of hydrogen-bond donors (Lipinski definition) is 1. The Bertz CT molecular complexity index is 638. The van der Waals surface area contributed by atoms with Crippen molar-refractivity contribution in [3.05, 3.63) is 35.4 Å². The van der Waals surface area contributed by atoms with Gasteiger partial charge in [0.25, 0.3) is 0 Å². The van der Waals surface area contributed by atoms with Crippen LogP contribution in [-0.2, 0) is 6.18 Å². The summed E-state index contributed by atoms with van der Waals surface area (Å²) in [6.07, 6.45) is -2.20. The van der Waals surface area contributed by atoms with Gasteiger partial charge in [-0.3, -0.25) is 4.98 Å². The van der Waals surface area contributed by atoms with Crippen LogP contribution in [0.4, 0.5) is 19.0 Å². The number of aryl methyl sites for hydroxylation is 2. The number of nitrogens with one attached hydrogen (secondary N) is 1. The van der Waals surface area contributed by atoms with Crippen LogP contribution in [0, 0.1) is 13.8 Å². The van der Waals surface area contributed by atoms with Crippen LogP contribution in [0.1, 0.15) is 17.0 Å². The van der Waals surface area contributed by atoms with Crippen molar-refractivity contribution < 1.29 is 13.2 Å². The summed E-state index contributed by atoms with van der Waals surface area (Å²) in [6.45, 7) is 3.45. The highest BCUT2D eigenvalue weighted by molar-refractivity contribution is 5.74. The molecular formula is C13H13F3N4. The fourth-order valence-corrected chi connectivity index (χ4v) is 1.80. The van der Waals surface area contributed by atoms with Gasteiger partial charge in [-0.1, -0.05) is 0 Å². The van der Waals surface area contributed by atoms with Gasteiger partial charge in [-0.15, -0.1) is 0 Å². The Morgan fingerprint density at radius 3 is 2.35 bits per heavy atom. The van der Waals surface area contributed by atoms with Crippen LogP contribution in [0.25, 0.3) is 11.3 Å². The molecule has 0 saturated heterocycles. The second-order valence-corrected chi connectivity index (χ2v) is 4.26. The first-order valence-corrected chi connectivity index (χ1v) is 5.89. The van der Waals surface area contributed by atoms with Crippen molar-refractivity contribution in [2.24, 2.45) is 0 Å². The largest absolute Gasteiger partial charge is 0.417 e. The van der Waals surface area contributed by atoms with Crippen molar-refractivity contribution >= 4 is 5.82 Å². The van der Waals surface area contributed by atoms with Crippen LogP contribution in [0.2, 0.25) is 0 Å². The lowest BCUT2D eigenvalue weighted by Gasteiger charge is -2.15. The van der Waals surface area contributed by atoms with E-state index in [9.17, 15) is 13.2 Å². The molecule has 2 heterocycles. The molecule has 1 N–H and O–H groups in total. The van der Waals surface area contributed by atoms with Gasteiger partial charge in [0.05, 0.1) is 17.0 Å². The van der Waals surface area contributed by atoms with Gasteiger partial charge in [-0.2, -0.15) is 13.2 Å². The average Bonchev–Trinajstić information content (AvgIpc) is 2.40. The molecule has 0 spiro atoms. The van der Waals surface area contributed by atoms with E-state index in [1.54, 1.807) is 20.9 Å². The van der Waals surface area contributed by atoms with Gasteiger partial charge in [0, 0.05) is 25.0 Å². The number of rotatable bonds is 2. The van der Waals surface area contributed by atoms with Crippen molar-refractivity contribution in [3.8, 4) is 11.3 Å². The van der Waals surface area contributed by atoms with Gasteiger partial charge in [0.1, 0.15) is 5.69 Å². The fraction of sp³-hybridized carbons (Fsp3) is 0.308. The molecule has 20 heavy (non-hydrogen) atoms. The summed E-state index contributed by atoms with van der Waals surface area (Å²) in [5.74, 6) is 0.298. The molecule has 7 heteroatoms. The Morgan fingerprint density at radius 1 is 1.10 bits per heavy atom. The molecule has 4 nitrogen and oxygen atoms in total. The molecule has 0 aromatic carbocycles. The number of alkyl halides is 3. The van der Waals surface area contributed by atoms with Crippen LogP contribution in [0.3, 0.4) is 0 Å². The Labute approximate surface area is 114 Å². The number of nitrogens with zero attached hydrogens (tertiary/aromatic N) is 3. The minimum atomic E-state index is -4.47. The summed E-state index contributed by atoms with van der Waals surface area (Å²) in [7, 11) is 1.59. The molecule has 0 saturated carbocycles. The van der Waals surface area contributed by atoms with Gasteiger partial charge < -0.3 is 5.32 Å². The maximum atomic E-state index is 13.1. The molecule has 0 bridgehead atoms. The van der Waals surface area contributed by atoms with Crippen LogP contribution in [0.5, 0.6) is 0 Å². The topological polar surface area (TPSA) is 50.7 Å². The highest BCUT2D eigenvalue weighted by Crippen LogP contribution is 2.37. The summed E-state index contributed by atoms with van der Waals surface area (Å²) in [4.78, 5) is 12.2. The van der Waals surface area contributed by atoms with Gasteiger partial charge in [-0.25, -0.2) is 9.97 Å². The smallest absolute Gasteiger partial charge is 0.371 e. The van der Waals surface area contributed by atoms with Crippen molar-refractivity contribution in [3.63, 3.8) is 0 Å². The number of hydrogen-bond acceptors (Lipinski definition) is 4. The van der Waals surface area contributed by atoms with E-state index in [0.717, 1.165) is 18.5 Å². The fourth-order valence-electron chi connectivity index (χ4n) is 1.80. The molecule has 0 aliphatic heterocycles. The zero-order chi connectivity index (χ0) is 14.9. The minimum Gasteiger partial charge on any atom is -0.371 e. The zero-order valence-corrected chi connectivity index (χ0v) is 11.2. The molecule has 0 radical (unpaired) electrons. The first kappa shape index (κ1) is 14.2. The molecule has 0 aliphatic carbocycles. The lowest BCUT2D eigenvalue weighted by molar-refractivity contribution is -0.137. The normalized spacial score (nSPS) is 11.5. The highest BCUT2D eigenvalue weighted by atomic mass is 19.4. The van der Waals surface area contributed by atoms with E-state index in [2.05, 4.69) is 20.3 Å². The quantitative estimate of drug-likeness (QED) is 0.919. The Morgan fingerprint density at radius 2 is 1.75 bits per heavy atom. The van der Waals surface area contributed by atoms with Gasteiger partial charge in [0.2, 0.25) is 0 Å². The van der Waals surface area contributed by atoms with E-state index in [4.69, 9.17) is 0 Å². The second-order valence-electron chi connectivity index (χ2n) is 4.26. The van der Waals surface area contributed by atoms with E-state index in [1.165, 1.54) is 0 Å². The molecule has 2 rings (SSSR count). The lowest BCUT2D eigenvalue weighted by Crippen LogP contribution is -2.10. The summed E-state index contributed by atoms with van der Waals surface area (Å²) in [5.41, 5.74) is 0.532. The third-order valence-corrected chi connectivity index (χ3v) is 2.93. The second kappa shape index (κ2) is 5.07. The van der Waals surface area contributed by atoms with E-state index in [-0.39, 0.29) is 11.3 Å². The minimum absolute atomic E-state index is 0.0834. The lowest BCUT2D eigenvalue weighted by atomic mass is 10.1. The van der Waals surface area contributed by atoms with Crippen molar-refractivity contribution in [1.82, 2.24) is 15.0 Å². The van der Waals surface area contributed by atoms with Gasteiger partial charge >= 0.3 is 6.18 Å². The third-order valence-electron chi connectivity index (χ3n) is 2.93. The van der Waals surface area contributed by atoms with Crippen LogP contribution < -0.4 is 5.32 Å². The average molecular weight is 282 g/mol. The van der Waals surface area contributed by atoms with E-state index in [1.807, 2.05) is 0 Å². The summed E-state index contributed by atoms with van der Waals surface area (Å²) in [5, 5.41) is 2.77. The van der Waals surface area contributed by atoms with Crippen molar-refractivity contribution in [2.45, 2.75) is 20.0 Å². The monoisotopic (exact) mass is 282 g/mol.